The van der Waals surface area contributed by atoms with E-state index >= 15 is 0 Å². The number of hydrogen-bond donors (Lipinski definition) is 1. The minimum Gasteiger partial charge on any atom is -0.612 e. The minimum absolute atomic E-state index is 0.447. The molecule has 2 N–H and O–H groups in total. The van der Waals surface area contributed by atoms with Crippen molar-refractivity contribution in [3.63, 3.8) is 0 Å². The van der Waals surface area contributed by atoms with Gasteiger partial charge in [0, 0.05) is 5.56 Å². The molecular formula is C17H16N2O3S. The topological polar surface area (TPSA) is 84.3 Å². The molecule has 0 saturated carbocycles. The summed E-state index contributed by atoms with van der Waals surface area (Å²) in [7, 11) is 0. The summed E-state index contributed by atoms with van der Waals surface area (Å²) in [5, 5.41) is 3.87. The quantitative estimate of drug-likeness (QED) is 0.727. The van der Waals surface area contributed by atoms with Crippen LogP contribution in [0.2, 0.25) is 0 Å². The number of nitrogens with two attached hydrogens (primary N) is 1. The van der Waals surface area contributed by atoms with Crippen LogP contribution < -0.4 is 10.5 Å². The molecule has 0 spiro atoms. The zero-order valence-corrected chi connectivity index (χ0v) is 13.4. The highest BCUT2D eigenvalue weighted by atomic mass is 32.2. The summed E-state index contributed by atoms with van der Waals surface area (Å²) in [5.41, 5.74) is 8.79. The summed E-state index contributed by atoms with van der Waals surface area (Å²) in [5.74, 6) is 0.749. The van der Waals surface area contributed by atoms with Gasteiger partial charge in [-0.25, -0.2) is 0 Å². The molecule has 23 heavy (non-hydrogen) atoms. The Kier molecular flexibility index (Phi) is 4.55. The molecule has 6 heteroatoms. The highest BCUT2D eigenvalue weighted by Crippen LogP contribution is 2.26. The second kappa shape index (κ2) is 6.76. The number of ether oxygens (including phenoxy) is 1. The van der Waals surface area contributed by atoms with Gasteiger partial charge in [0.1, 0.15) is 36.3 Å². The van der Waals surface area contributed by atoms with Gasteiger partial charge in [0.25, 0.3) is 0 Å². The number of benzene rings is 2. The lowest BCUT2D eigenvalue weighted by Crippen LogP contribution is -1.99. The lowest BCUT2D eigenvalue weighted by molar-refractivity contribution is 0.306. The maximum absolute atomic E-state index is 11.3. The molecule has 0 amide bonds. The van der Waals surface area contributed by atoms with Crippen molar-refractivity contribution in [1.29, 1.82) is 0 Å². The van der Waals surface area contributed by atoms with Crippen LogP contribution in [0.4, 0.5) is 5.69 Å². The van der Waals surface area contributed by atoms with Crippen molar-refractivity contribution in [2.24, 2.45) is 0 Å². The van der Waals surface area contributed by atoms with Crippen molar-refractivity contribution in [3.05, 3.63) is 60.4 Å². The smallest absolute Gasteiger partial charge is 0.152 e. The molecule has 1 unspecified atom stereocenters. The first kappa shape index (κ1) is 15.5. The van der Waals surface area contributed by atoms with Gasteiger partial charge in [0.2, 0.25) is 0 Å². The second-order valence-electron chi connectivity index (χ2n) is 5.03. The Bertz CT molecular complexity index is 767. The molecule has 2 aromatic carbocycles. The van der Waals surface area contributed by atoms with E-state index in [0.717, 1.165) is 21.8 Å². The van der Waals surface area contributed by atoms with Crippen LogP contribution in [0.5, 0.6) is 5.75 Å². The Morgan fingerprint density at radius 1 is 1.13 bits per heavy atom. The molecule has 0 aliphatic rings. The summed E-state index contributed by atoms with van der Waals surface area (Å²) in [6.45, 7) is 0.447. The predicted molar refractivity (Wildman–Crippen MR) is 89.5 cm³/mol. The van der Waals surface area contributed by atoms with Crippen LogP contribution in [0.25, 0.3) is 11.3 Å². The van der Waals surface area contributed by atoms with Crippen LogP contribution in [0.3, 0.4) is 0 Å². The van der Waals surface area contributed by atoms with Gasteiger partial charge in [-0.15, -0.1) is 0 Å². The number of aromatic nitrogens is 1. The third-order valence-electron chi connectivity index (χ3n) is 3.39. The fourth-order valence-corrected chi connectivity index (χ4v) is 2.64. The predicted octanol–water partition coefficient (Wildman–Crippen LogP) is 3.24. The van der Waals surface area contributed by atoms with Crippen molar-refractivity contribution < 1.29 is 13.8 Å². The number of hydrogen-bond acceptors (Lipinski definition) is 5. The largest absolute Gasteiger partial charge is 0.612 e. The summed E-state index contributed by atoms with van der Waals surface area (Å²) in [6.07, 6.45) is 3.07. The lowest BCUT2D eigenvalue weighted by atomic mass is 10.1. The summed E-state index contributed by atoms with van der Waals surface area (Å²) < 4.78 is 21.9. The standard InChI is InChI=1S/C17H16N2O3S/c1-23(20)15-8-2-12(3-9-15)10-21-14-6-4-13(5-7-14)17-16(18)11-22-19-17/h2-9,11H,10,18H2,1H3. The zero-order valence-electron chi connectivity index (χ0n) is 12.6. The molecular weight excluding hydrogens is 312 g/mol. The Morgan fingerprint density at radius 2 is 1.83 bits per heavy atom. The SMILES string of the molecule is C[S+]([O-])c1ccc(COc2ccc(-c3nocc3N)cc2)cc1. The van der Waals surface area contributed by atoms with E-state index in [2.05, 4.69) is 5.16 Å². The lowest BCUT2D eigenvalue weighted by Gasteiger charge is -2.08. The first-order valence-electron chi connectivity index (χ1n) is 6.99. The third-order valence-corrected chi connectivity index (χ3v) is 4.32. The molecule has 3 aromatic rings. The van der Waals surface area contributed by atoms with E-state index in [0.29, 0.717) is 18.0 Å². The molecule has 0 fully saturated rings. The Morgan fingerprint density at radius 3 is 2.39 bits per heavy atom. The molecule has 5 nitrogen and oxygen atoms in total. The van der Waals surface area contributed by atoms with Crippen molar-refractivity contribution >= 4 is 16.9 Å². The molecule has 0 aliphatic carbocycles. The van der Waals surface area contributed by atoms with Crippen molar-refractivity contribution in [1.82, 2.24) is 5.16 Å². The number of nitrogens with zero attached hydrogens (tertiary/aromatic N) is 1. The Hall–Kier alpha value is -2.44. The Labute approximate surface area is 137 Å². The minimum atomic E-state index is -0.961. The fraction of sp³-hybridized carbons (Fsp3) is 0.118. The maximum atomic E-state index is 11.3. The van der Waals surface area contributed by atoms with Gasteiger partial charge >= 0.3 is 0 Å². The van der Waals surface area contributed by atoms with Crippen LogP contribution in [0.15, 0.2) is 64.2 Å². The Balaban J connectivity index is 1.63. The van der Waals surface area contributed by atoms with Gasteiger partial charge in [-0.05, 0) is 53.1 Å². The van der Waals surface area contributed by atoms with Crippen LogP contribution in [0, 0.1) is 0 Å². The van der Waals surface area contributed by atoms with Crippen molar-refractivity contribution in [2.45, 2.75) is 11.5 Å². The van der Waals surface area contributed by atoms with Crippen molar-refractivity contribution in [2.75, 3.05) is 12.0 Å². The van der Waals surface area contributed by atoms with Crippen LogP contribution in [0.1, 0.15) is 5.56 Å². The average molecular weight is 328 g/mol. The van der Waals surface area contributed by atoms with Gasteiger partial charge in [-0.2, -0.15) is 0 Å². The van der Waals surface area contributed by atoms with Gasteiger partial charge in [0.15, 0.2) is 4.90 Å². The number of rotatable bonds is 5. The van der Waals surface area contributed by atoms with Gasteiger partial charge in [-0.3, -0.25) is 0 Å². The monoisotopic (exact) mass is 328 g/mol. The van der Waals surface area contributed by atoms with E-state index < -0.39 is 11.2 Å². The van der Waals surface area contributed by atoms with Gasteiger partial charge in [-0.1, -0.05) is 17.3 Å². The fourth-order valence-electron chi connectivity index (χ4n) is 2.12. The highest BCUT2D eigenvalue weighted by Gasteiger charge is 2.07. The van der Waals surface area contributed by atoms with Gasteiger partial charge in [0.05, 0.1) is 0 Å². The highest BCUT2D eigenvalue weighted by molar-refractivity contribution is 7.90. The van der Waals surface area contributed by atoms with E-state index in [9.17, 15) is 4.55 Å². The molecule has 3 rings (SSSR count). The zero-order chi connectivity index (χ0) is 16.2. The molecule has 1 heterocycles. The molecule has 1 aromatic heterocycles. The van der Waals surface area contributed by atoms with E-state index in [-0.39, 0.29) is 0 Å². The summed E-state index contributed by atoms with van der Waals surface area (Å²) in [4.78, 5) is 0.809. The normalized spacial score (nSPS) is 12.1. The molecule has 0 saturated heterocycles. The summed E-state index contributed by atoms with van der Waals surface area (Å²) >= 11 is -0.961. The van der Waals surface area contributed by atoms with Crippen molar-refractivity contribution in [3.8, 4) is 17.0 Å². The molecule has 1 atom stereocenters. The third kappa shape index (κ3) is 3.67. The van der Waals surface area contributed by atoms with Crippen LogP contribution in [-0.2, 0) is 17.8 Å². The van der Waals surface area contributed by atoms with Crippen LogP contribution in [-0.4, -0.2) is 16.0 Å². The average Bonchev–Trinajstić information content (AvgIpc) is 3.00. The molecule has 0 bridgehead atoms. The molecule has 0 radical (unpaired) electrons. The van der Waals surface area contributed by atoms with E-state index in [1.165, 1.54) is 6.26 Å². The van der Waals surface area contributed by atoms with Gasteiger partial charge < -0.3 is 19.5 Å². The number of anilines is 1. The number of nitrogen functional groups attached to an aromatic ring is 1. The molecule has 0 aliphatic heterocycles. The van der Waals surface area contributed by atoms with E-state index in [4.69, 9.17) is 15.0 Å². The first-order valence-corrected chi connectivity index (χ1v) is 8.55. The molecule has 118 valence electrons. The van der Waals surface area contributed by atoms with Crippen LogP contribution >= 0.6 is 0 Å². The first-order chi connectivity index (χ1) is 11.1. The second-order valence-corrected chi connectivity index (χ2v) is 6.41. The van der Waals surface area contributed by atoms with E-state index in [1.807, 2.05) is 48.5 Å². The van der Waals surface area contributed by atoms with E-state index in [1.54, 1.807) is 6.26 Å². The summed E-state index contributed by atoms with van der Waals surface area (Å²) in [6, 6.07) is 15.0. The maximum Gasteiger partial charge on any atom is 0.152 e.